The minimum Gasteiger partial charge on any atom is -0.357 e. The summed E-state index contributed by atoms with van der Waals surface area (Å²) in [6.07, 6.45) is 3.14. The zero-order valence-electron chi connectivity index (χ0n) is 12.9. The van der Waals surface area contributed by atoms with E-state index in [4.69, 9.17) is 11.6 Å². The Kier molecular flexibility index (Phi) is 4.44. The summed E-state index contributed by atoms with van der Waals surface area (Å²) in [6, 6.07) is 3.60. The number of carbonyl (C=O) groups excluding carboxylic acids is 2. The van der Waals surface area contributed by atoms with E-state index < -0.39 is 5.82 Å². The van der Waals surface area contributed by atoms with Gasteiger partial charge in [0.1, 0.15) is 11.5 Å². The number of hydrogen-bond donors (Lipinski definition) is 4. The number of H-pyrrole nitrogens is 1. The molecule has 126 valence electrons. The van der Waals surface area contributed by atoms with Crippen LogP contribution < -0.4 is 16.0 Å². The van der Waals surface area contributed by atoms with Crippen molar-refractivity contribution < 1.29 is 14.0 Å². The molecule has 1 aromatic carbocycles. The number of rotatable bonds is 3. The van der Waals surface area contributed by atoms with Gasteiger partial charge >= 0.3 is 6.03 Å². The summed E-state index contributed by atoms with van der Waals surface area (Å²) >= 11 is 5.72. The van der Waals surface area contributed by atoms with Crippen molar-refractivity contribution >= 4 is 29.2 Å². The van der Waals surface area contributed by atoms with E-state index in [1.54, 1.807) is 13.2 Å². The summed E-state index contributed by atoms with van der Waals surface area (Å²) in [5.74, 6) is -0.877. The van der Waals surface area contributed by atoms with Crippen molar-refractivity contribution in [3.63, 3.8) is 0 Å². The second kappa shape index (κ2) is 6.52. The van der Waals surface area contributed by atoms with Gasteiger partial charge in [0, 0.05) is 18.9 Å². The Morgan fingerprint density at radius 2 is 2.17 bits per heavy atom. The molecule has 0 radical (unpaired) electrons. The lowest BCUT2D eigenvalue weighted by atomic mass is 10.1. The molecular weight excluding hydrogens is 335 g/mol. The van der Waals surface area contributed by atoms with Crippen molar-refractivity contribution in [2.75, 3.05) is 12.4 Å². The van der Waals surface area contributed by atoms with Gasteiger partial charge in [-0.15, -0.1) is 0 Å². The first-order chi connectivity index (χ1) is 11.5. The van der Waals surface area contributed by atoms with E-state index in [0.717, 1.165) is 17.5 Å². The van der Waals surface area contributed by atoms with E-state index in [-0.39, 0.29) is 23.0 Å². The van der Waals surface area contributed by atoms with Crippen LogP contribution in [0.4, 0.5) is 14.9 Å². The molecule has 6 nitrogen and oxygen atoms in total. The molecule has 1 atom stereocenters. The molecule has 1 aliphatic carbocycles. The molecule has 4 N–H and O–H groups in total. The van der Waals surface area contributed by atoms with E-state index in [1.165, 1.54) is 18.2 Å². The third kappa shape index (κ3) is 3.07. The lowest BCUT2D eigenvalue weighted by Crippen LogP contribution is -2.34. The number of aromatic nitrogens is 1. The highest BCUT2D eigenvalue weighted by Gasteiger charge is 2.29. The lowest BCUT2D eigenvalue weighted by molar-refractivity contribution is 0.102. The predicted molar refractivity (Wildman–Crippen MR) is 88.8 cm³/mol. The molecule has 0 unspecified atom stereocenters. The number of anilines is 1. The molecule has 0 fully saturated rings. The van der Waals surface area contributed by atoms with Crippen LogP contribution in [0.25, 0.3) is 0 Å². The molecule has 2 aromatic rings. The summed E-state index contributed by atoms with van der Waals surface area (Å²) in [6.45, 7) is 0. The van der Waals surface area contributed by atoms with Crippen LogP contribution in [0, 0.1) is 5.82 Å². The molecule has 3 rings (SSSR count). The standard InChI is InChI=1S/C16H16ClFN4O2/c1-19-16(24)22-13-5-3-9-10(13)7-20-14(9)15(23)21-8-2-4-12(18)11(17)6-8/h2,4,6-7,13,20H,3,5H2,1H3,(H,21,23)(H2,19,22,24)/t13-/m0/s1. The molecular formula is C16H16ClFN4O2. The van der Waals surface area contributed by atoms with Gasteiger partial charge in [-0.05, 0) is 42.2 Å². The predicted octanol–water partition coefficient (Wildman–Crippen LogP) is 2.98. The number of carbonyl (C=O) groups is 2. The average Bonchev–Trinajstić information content (AvgIpc) is 3.13. The van der Waals surface area contributed by atoms with E-state index in [1.807, 2.05) is 0 Å². The molecule has 0 saturated heterocycles. The fourth-order valence-electron chi connectivity index (χ4n) is 2.84. The minimum absolute atomic E-state index is 0.0562. The van der Waals surface area contributed by atoms with Gasteiger partial charge in [0.25, 0.3) is 5.91 Å². The van der Waals surface area contributed by atoms with Gasteiger partial charge in [-0.25, -0.2) is 9.18 Å². The number of halogens is 2. The monoisotopic (exact) mass is 350 g/mol. The average molecular weight is 351 g/mol. The normalized spacial score (nSPS) is 15.7. The first-order valence-electron chi connectivity index (χ1n) is 7.44. The van der Waals surface area contributed by atoms with Crippen molar-refractivity contribution in [2.45, 2.75) is 18.9 Å². The van der Waals surface area contributed by atoms with Crippen molar-refractivity contribution in [1.82, 2.24) is 15.6 Å². The highest BCUT2D eigenvalue weighted by Crippen LogP contribution is 2.33. The Morgan fingerprint density at radius 3 is 2.88 bits per heavy atom. The van der Waals surface area contributed by atoms with E-state index in [9.17, 15) is 14.0 Å². The Morgan fingerprint density at radius 1 is 1.38 bits per heavy atom. The third-order valence-corrected chi connectivity index (χ3v) is 4.31. The van der Waals surface area contributed by atoms with Crippen LogP contribution in [0.3, 0.4) is 0 Å². The number of hydrogen-bond acceptors (Lipinski definition) is 2. The van der Waals surface area contributed by atoms with Crippen LogP contribution in [0.5, 0.6) is 0 Å². The van der Waals surface area contributed by atoms with Gasteiger partial charge in [-0.1, -0.05) is 11.6 Å². The molecule has 0 bridgehead atoms. The first-order valence-corrected chi connectivity index (χ1v) is 7.82. The molecule has 1 heterocycles. The topological polar surface area (TPSA) is 86.0 Å². The van der Waals surface area contributed by atoms with Crippen molar-refractivity contribution in [1.29, 1.82) is 0 Å². The van der Waals surface area contributed by atoms with Crippen molar-refractivity contribution in [2.24, 2.45) is 0 Å². The smallest absolute Gasteiger partial charge is 0.315 e. The molecule has 3 amide bonds. The van der Waals surface area contributed by atoms with Crippen LogP contribution in [-0.4, -0.2) is 24.0 Å². The summed E-state index contributed by atoms with van der Waals surface area (Å²) in [5, 5.41) is 7.98. The second-order valence-corrected chi connectivity index (χ2v) is 5.90. The highest BCUT2D eigenvalue weighted by molar-refractivity contribution is 6.31. The Bertz CT molecular complexity index is 805. The van der Waals surface area contributed by atoms with Gasteiger partial charge < -0.3 is 20.9 Å². The number of nitrogens with one attached hydrogen (secondary N) is 4. The Balaban J connectivity index is 1.76. The molecule has 1 aliphatic rings. The van der Waals surface area contributed by atoms with Crippen molar-refractivity contribution in [3.05, 3.63) is 52.1 Å². The number of fused-ring (bicyclic) bond motifs is 1. The van der Waals surface area contributed by atoms with Gasteiger partial charge in [0.05, 0.1) is 11.1 Å². The molecule has 0 spiro atoms. The van der Waals surface area contributed by atoms with Gasteiger partial charge in [0.2, 0.25) is 0 Å². The molecule has 0 saturated carbocycles. The molecule has 8 heteroatoms. The van der Waals surface area contributed by atoms with E-state index >= 15 is 0 Å². The maximum absolute atomic E-state index is 13.2. The summed E-state index contributed by atoms with van der Waals surface area (Å²) in [7, 11) is 1.55. The number of benzene rings is 1. The van der Waals surface area contributed by atoms with Gasteiger partial charge in [-0.3, -0.25) is 4.79 Å². The summed E-state index contributed by atoms with van der Waals surface area (Å²) in [5.41, 5.74) is 2.63. The number of aromatic amines is 1. The molecule has 0 aliphatic heterocycles. The van der Waals surface area contributed by atoms with Crippen LogP contribution in [-0.2, 0) is 6.42 Å². The summed E-state index contributed by atoms with van der Waals surface area (Å²) in [4.78, 5) is 26.9. The largest absolute Gasteiger partial charge is 0.357 e. The van der Waals surface area contributed by atoms with Gasteiger partial charge in [-0.2, -0.15) is 0 Å². The van der Waals surface area contributed by atoms with Crippen LogP contribution in [0.15, 0.2) is 24.4 Å². The second-order valence-electron chi connectivity index (χ2n) is 5.50. The highest BCUT2D eigenvalue weighted by atomic mass is 35.5. The fraction of sp³-hybridized carbons (Fsp3) is 0.250. The number of urea groups is 1. The SMILES string of the molecule is CNC(=O)N[C@H]1CCc2c1c[nH]c2C(=O)Nc1ccc(F)c(Cl)c1. The van der Waals surface area contributed by atoms with Crippen LogP contribution >= 0.6 is 11.6 Å². The third-order valence-electron chi connectivity index (χ3n) is 4.02. The van der Waals surface area contributed by atoms with Crippen molar-refractivity contribution in [3.8, 4) is 0 Å². The quantitative estimate of drug-likeness (QED) is 0.686. The zero-order chi connectivity index (χ0) is 17.3. The zero-order valence-corrected chi connectivity index (χ0v) is 13.6. The molecule has 24 heavy (non-hydrogen) atoms. The maximum Gasteiger partial charge on any atom is 0.315 e. The Hall–Kier alpha value is -2.54. The van der Waals surface area contributed by atoms with Gasteiger partial charge in [0.15, 0.2) is 0 Å². The van der Waals surface area contributed by atoms with E-state index in [0.29, 0.717) is 17.8 Å². The van der Waals surface area contributed by atoms with E-state index in [2.05, 4.69) is 20.9 Å². The maximum atomic E-state index is 13.2. The molecule has 1 aromatic heterocycles. The fourth-order valence-corrected chi connectivity index (χ4v) is 3.02. The minimum atomic E-state index is -0.543. The van der Waals surface area contributed by atoms with Crippen LogP contribution in [0.1, 0.15) is 34.1 Å². The lowest BCUT2D eigenvalue weighted by Gasteiger charge is -2.11. The Labute approximate surface area is 142 Å². The number of amides is 3. The first kappa shape index (κ1) is 16.3. The summed E-state index contributed by atoms with van der Waals surface area (Å²) < 4.78 is 13.2. The van der Waals surface area contributed by atoms with Crippen LogP contribution in [0.2, 0.25) is 5.02 Å².